The molecule has 0 unspecified atom stereocenters. The zero-order valence-corrected chi connectivity index (χ0v) is 13.8. The first-order valence-electron chi connectivity index (χ1n) is 5.34. The quantitative estimate of drug-likeness (QED) is 0.604. The van der Waals surface area contributed by atoms with Crippen molar-refractivity contribution in [1.29, 1.82) is 0 Å². The number of hydrogen-bond donors (Lipinski definition) is 1. The summed E-state index contributed by atoms with van der Waals surface area (Å²) in [5.41, 5.74) is 0.431. The van der Waals surface area contributed by atoms with Crippen LogP contribution in [0.15, 0.2) is 24.3 Å². The number of ether oxygens (including phenoxy) is 1. The fourth-order valence-corrected chi connectivity index (χ4v) is 2.32. The Morgan fingerprint density at radius 3 is 2.75 bits per heavy atom. The summed E-state index contributed by atoms with van der Waals surface area (Å²) in [5, 5.41) is 3.20. The Kier molecular flexibility index (Phi) is 5.00. The number of nitrogens with one attached hydrogen (secondary N) is 1. The largest absolute Gasteiger partial charge is 0.481 e. The molecule has 0 saturated heterocycles. The van der Waals surface area contributed by atoms with Crippen molar-refractivity contribution in [3.63, 3.8) is 0 Å². The van der Waals surface area contributed by atoms with Crippen molar-refractivity contribution in [2.75, 3.05) is 12.4 Å². The van der Waals surface area contributed by atoms with Gasteiger partial charge in [-0.3, -0.25) is 10.1 Å². The highest BCUT2D eigenvalue weighted by Gasteiger charge is 2.13. The van der Waals surface area contributed by atoms with E-state index in [-0.39, 0.29) is 22.9 Å². The first-order chi connectivity index (χ1) is 9.49. The molecule has 8 heteroatoms. The van der Waals surface area contributed by atoms with Crippen molar-refractivity contribution in [2.24, 2.45) is 0 Å². The highest BCUT2D eigenvalue weighted by atomic mass is 127. The Hall–Kier alpha value is -1.12. The van der Waals surface area contributed by atoms with Crippen LogP contribution in [0.2, 0.25) is 10.2 Å². The van der Waals surface area contributed by atoms with Gasteiger partial charge in [-0.1, -0.05) is 23.2 Å². The maximum absolute atomic E-state index is 12.2. The van der Waals surface area contributed by atoms with Crippen molar-refractivity contribution in [3.05, 3.63) is 43.6 Å². The minimum Gasteiger partial charge on any atom is -0.481 e. The van der Waals surface area contributed by atoms with Gasteiger partial charge in [0, 0.05) is 14.7 Å². The molecule has 0 atom stereocenters. The lowest BCUT2D eigenvalue weighted by atomic mass is 10.2. The van der Waals surface area contributed by atoms with Gasteiger partial charge in [-0.15, -0.1) is 0 Å². The van der Waals surface area contributed by atoms with Crippen LogP contribution in [0.3, 0.4) is 0 Å². The first-order valence-corrected chi connectivity index (χ1v) is 7.18. The first kappa shape index (κ1) is 15.3. The molecule has 0 fully saturated rings. The van der Waals surface area contributed by atoms with Crippen LogP contribution in [0.4, 0.5) is 5.95 Å². The molecule has 5 nitrogen and oxygen atoms in total. The molecule has 0 spiro atoms. The van der Waals surface area contributed by atoms with Crippen molar-refractivity contribution >= 4 is 57.6 Å². The number of carbonyl (C=O) groups is 1. The van der Waals surface area contributed by atoms with Crippen LogP contribution < -0.4 is 10.1 Å². The average Bonchev–Trinajstić information content (AvgIpc) is 2.40. The Morgan fingerprint density at radius 2 is 2.05 bits per heavy atom. The number of benzene rings is 1. The predicted octanol–water partition coefficient (Wildman–Crippen LogP) is 3.65. The van der Waals surface area contributed by atoms with Gasteiger partial charge < -0.3 is 4.74 Å². The summed E-state index contributed by atoms with van der Waals surface area (Å²) in [7, 11) is 1.45. The van der Waals surface area contributed by atoms with E-state index in [4.69, 9.17) is 27.9 Å². The number of rotatable bonds is 3. The fourth-order valence-electron chi connectivity index (χ4n) is 1.40. The van der Waals surface area contributed by atoms with Crippen molar-refractivity contribution < 1.29 is 9.53 Å². The third kappa shape index (κ3) is 3.71. The molecule has 1 aromatic heterocycles. The van der Waals surface area contributed by atoms with E-state index in [0.717, 1.165) is 3.57 Å². The van der Waals surface area contributed by atoms with Gasteiger partial charge in [-0.05, 0) is 40.8 Å². The fraction of sp³-hybridized carbons (Fsp3) is 0.0833. The smallest absolute Gasteiger partial charge is 0.259 e. The van der Waals surface area contributed by atoms with Gasteiger partial charge in [0.25, 0.3) is 5.91 Å². The molecular formula is C12H8Cl2IN3O2. The zero-order valence-electron chi connectivity index (χ0n) is 10.2. The van der Waals surface area contributed by atoms with Crippen LogP contribution in [-0.4, -0.2) is 23.0 Å². The molecule has 1 amide bonds. The highest BCUT2D eigenvalue weighted by molar-refractivity contribution is 14.1. The molecule has 2 aromatic rings. The Bertz CT molecular complexity index is 667. The van der Waals surface area contributed by atoms with Crippen LogP contribution in [0.25, 0.3) is 0 Å². The second-order valence-corrected chi connectivity index (χ2v) is 5.62. The molecular weight excluding hydrogens is 416 g/mol. The van der Waals surface area contributed by atoms with E-state index in [9.17, 15) is 4.79 Å². The lowest BCUT2D eigenvalue weighted by Crippen LogP contribution is -2.15. The lowest BCUT2D eigenvalue weighted by Gasteiger charge is -2.07. The summed E-state index contributed by atoms with van der Waals surface area (Å²) in [6.45, 7) is 0. The second-order valence-electron chi connectivity index (χ2n) is 3.63. The van der Waals surface area contributed by atoms with Crippen LogP contribution >= 0.6 is 45.8 Å². The number of nitrogens with zero attached hydrogens (tertiary/aromatic N) is 2. The summed E-state index contributed by atoms with van der Waals surface area (Å²) in [5.74, 6) is -0.0440. The summed E-state index contributed by atoms with van der Waals surface area (Å²) in [6.07, 6.45) is 0. The number of halogens is 3. The van der Waals surface area contributed by atoms with Gasteiger partial charge in [0.05, 0.1) is 12.7 Å². The van der Waals surface area contributed by atoms with Gasteiger partial charge in [-0.2, -0.15) is 4.98 Å². The van der Waals surface area contributed by atoms with Crippen LogP contribution in [-0.2, 0) is 0 Å². The van der Waals surface area contributed by atoms with E-state index in [1.807, 2.05) is 22.6 Å². The van der Waals surface area contributed by atoms with Crippen LogP contribution in [0, 0.1) is 3.57 Å². The van der Waals surface area contributed by atoms with Crippen molar-refractivity contribution in [1.82, 2.24) is 9.97 Å². The number of methoxy groups -OCH3 is 1. The molecule has 0 aliphatic heterocycles. The summed E-state index contributed by atoms with van der Waals surface area (Å²) in [4.78, 5) is 20.1. The topological polar surface area (TPSA) is 64.1 Å². The maximum atomic E-state index is 12.2. The number of carbonyl (C=O) groups excluding carboxylic acids is 1. The maximum Gasteiger partial charge on any atom is 0.259 e. The van der Waals surface area contributed by atoms with Crippen molar-refractivity contribution in [3.8, 4) is 5.88 Å². The van der Waals surface area contributed by atoms with E-state index in [1.54, 1.807) is 18.2 Å². The van der Waals surface area contributed by atoms with Gasteiger partial charge >= 0.3 is 0 Å². The monoisotopic (exact) mass is 423 g/mol. The van der Waals surface area contributed by atoms with E-state index in [1.165, 1.54) is 13.2 Å². The Morgan fingerprint density at radius 1 is 1.30 bits per heavy atom. The summed E-state index contributed by atoms with van der Waals surface area (Å²) < 4.78 is 5.72. The average molecular weight is 424 g/mol. The van der Waals surface area contributed by atoms with Crippen molar-refractivity contribution in [2.45, 2.75) is 0 Å². The molecule has 20 heavy (non-hydrogen) atoms. The van der Waals surface area contributed by atoms with E-state index >= 15 is 0 Å². The van der Waals surface area contributed by atoms with E-state index in [0.29, 0.717) is 10.6 Å². The second kappa shape index (κ2) is 6.55. The number of hydrogen-bond acceptors (Lipinski definition) is 4. The molecule has 104 valence electrons. The molecule has 1 heterocycles. The molecule has 0 aliphatic carbocycles. The normalized spacial score (nSPS) is 10.2. The van der Waals surface area contributed by atoms with Gasteiger partial charge in [0.15, 0.2) is 0 Å². The highest BCUT2D eigenvalue weighted by Crippen LogP contribution is 2.20. The SMILES string of the molecule is COc1cc(Cl)nc(NC(=O)c2cc(Cl)ccc2I)n1. The zero-order chi connectivity index (χ0) is 14.7. The van der Waals surface area contributed by atoms with Gasteiger partial charge in [-0.25, -0.2) is 4.98 Å². The van der Waals surface area contributed by atoms with Gasteiger partial charge in [0.1, 0.15) is 5.15 Å². The van der Waals surface area contributed by atoms with E-state index in [2.05, 4.69) is 15.3 Å². The molecule has 0 aliphatic rings. The van der Waals surface area contributed by atoms with E-state index < -0.39 is 0 Å². The molecule has 0 radical (unpaired) electrons. The van der Waals surface area contributed by atoms with Crippen LogP contribution in [0.1, 0.15) is 10.4 Å². The number of anilines is 1. The number of aromatic nitrogens is 2. The lowest BCUT2D eigenvalue weighted by molar-refractivity contribution is 0.102. The van der Waals surface area contributed by atoms with Gasteiger partial charge in [0.2, 0.25) is 11.8 Å². The summed E-state index contributed by atoms with van der Waals surface area (Å²) in [6, 6.07) is 6.47. The van der Waals surface area contributed by atoms with Crippen LogP contribution in [0.5, 0.6) is 5.88 Å². The molecule has 1 aromatic carbocycles. The Balaban J connectivity index is 2.27. The summed E-state index contributed by atoms with van der Waals surface area (Å²) >= 11 is 13.7. The third-order valence-corrected chi connectivity index (χ3v) is 3.65. The third-order valence-electron chi connectivity index (χ3n) is 2.28. The number of amides is 1. The molecule has 0 saturated carbocycles. The Labute approximate surface area is 138 Å². The minimum absolute atomic E-state index is 0.0649. The standard InChI is InChI=1S/C12H8Cl2IN3O2/c1-20-10-5-9(14)16-12(17-10)18-11(19)7-4-6(13)2-3-8(7)15/h2-5H,1H3,(H,16,17,18,19). The predicted molar refractivity (Wildman–Crippen MR) is 85.7 cm³/mol. The molecule has 0 bridgehead atoms. The molecule has 2 rings (SSSR count). The molecule has 1 N–H and O–H groups in total. The minimum atomic E-state index is -0.374.